The minimum Gasteiger partial charge on any atom is -0.504 e. The van der Waals surface area contributed by atoms with Gasteiger partial charge in [-0.3, -0.25) is 9.59 Å². The predicted molar refractivity (Wildman–Crippen MR) is 109 cm³/mol. The Kier molecular flexibility index (Phi) is 7.94. The van der Waals surface area contributed by atoms with Crippen LogP contribution in [0.4, 0.5) is 0 Å². The van der Waals surface area contributed by atoms with Gasteiger partial charge in [-0.1, -0.05) is 12.1 Å². The molecule has 0 bridgehead atoms. The predicted octanol–water partition coefficient (Wildman–Crippen LogP) is 2.20. The Balaban J connectivity index is 2.12. The molecule has 0 fully saturated rings. The van der Waals surface area contributed by atoms with E-state index < -0.39 is 35.7 Å². The number of hydrogen-bond acceptors (Lipinski definition) is 9. The number of benzene rings is 2. The van der Waals surface area contributed by atoms with Crippen LogP contribution in [0.25, 0.3) is 6.08 Å². The molecule has 0 radical (unpaired) electrons. The van der Waals surface area contributed by atoms with Crippen molar-refractivity contribution in [3.8, 4) is 23.0 Å². The Bertz CT molecular complexity index is 1070. The van der Waals surface area contributed by atoms with Crippen LogP contribution < -0.4 is 9.47 Å². The molecule has 0 amide bonds. The first-order chi connectivity index (χ1) is 15.0. The summed E-state index contributed by atoms with van der Waals surface area (Å²) in [4.78, 5) is 46.0. The quantitative estimate of drug-likeness (QED) is 0.239. The van der Waals surface area contributed by atoms with Gasteiger partial charge >= 0.3 is 23.9 Å². The fourth-order valence-corrected chi connectivity index (χ4v) is 2.54. The van der Waals surface area contributed by atoms with Crippen molar-refractivity contribution in [3.63, 3.8) is 0 Å². The van der Waals surface area contributed by atoms with Gasteiger partial charge in [-0.15, -0.1) is 0 Å². The van der Waals surface area contributed by atoms with Gasteiger partial charge in [-0.25, -0.2) is 9.59 Å². The topological polar surface area (TPSA) is 157 Å². The van der Waals surface area contributed by atoms with Gasteiger partial charge in [0.05, 0.1) is 0 Å². The summed E-state index contributed by atoms with van der Waals surface area (Å²) in [6.07, 6.45) is 0.482. The zero-order valence-electron chi connectivity index (χ0n) is 17.1. The maximum atomic E-state index is 12.1. The molecule has 3 N–H and O–H groups in total. The number of esters is 3. The minimum absolute atomic E-state index is 0.00974. The van der Waals surface area contributed by atoms with Crippen LogP contribution in [0.15, 0.2) is 42.5 Å². The molecule has 10 nitrogen and oxygen atoms in total. The molecule has 0 spiro atoms. The second kappa shape index (κ2) is 10.6. The van der Waals surface area contributed by atoms with E-state index in [9.17, 15) is 34.5 Å². The average Bonchev–Trinajstić information content (AvgIpc) is 2.69. The maximum absolute atomic E-state index is 12.1. The molecule has 0 aliphatic rings. The number of carbonyl (C=O) groups excluding carboxylic acids is 3. The normalized spacial score (nSPS) is 11.6. The van der Waals surface area contributed by atoms with Crippen LogP contribution in [-0.2, 0) is 30.3 Å². The van der Waals surface area contributed by atoms with E-state index in [2.05, 4.69) is 0 Å². The highest BCUT2D eigenvalue weighted by molar-refractivity contribution is 5.89. The van der Waals surface area contributed by atoms with Crippen molar-refractivity contribution in [1.82, 2.24) is 0 Å². The van der Waals surface area contributed by atoms with E-state index in [1.807, 2.05) is 0 Å². The van der Waals surface area contributed by atoms with E-state index >= 15 is 0 Å². The Morgan fingerprint density at radius 2 is 1.56 bits per heavy atom. The second-order valence-corrected chi connectivity index (χ2v) is 6.52. The lowest BCUT2D eigenvalue weighted by atomic mass is 10.1. The van der Waals surface area contributed by atoms with E-state index in [-0.39, 0.29) is 23.7 Å². The SMILES string of the molecule is CC(=O)Oc1ccc(/C=C/C(=O)O[C@H](Cc2ccc(O)c(O)c2)C(=O)O)cc1OC(C)=O. The van der Waals surface area contributed by atoms with E-state index in [4.69, 9.17) is 14.2 Å². The fourth-order valence-electron chi connectivity index (χ4n) is 2.54. The lowest BCUT2D eigenvalue weighted by molar-refractivity contribution is -0.160. The molecule has 0 unspecified atom stereocenters. The van der Waals surface area contributed by atoms with Crippen LogP contribution in [0.2, 0.25) is 0 Å². The lowest BCUT2D eigenvalue weighted by Gasteiger charge is -2.13. The van der Waals surface area contributed by atoms with Crippen molar-refractivity contribution < 1.29 is 48.7 Å². The monoisotopic (exact) mass is 444 g/mol. The fraction of sp³-hybridized carbons (Fsp3) is 0.182. The van der Waals surface area contributed by atoms with Gasteiger partial charge in [0.25, 0.3) is 0 Å². The van der Waals surface area contributed by atoms with Crippen molar-refractivity contribution in [3.05, 3.63) is 53.6 Å². The summed E-state index contributed by atoms with van der Waals surface area (Å²) in [5, 5.41) is 28.2. The number of carbonyl (C=O) groups is 4. The maximum Gasteiger partial charge on any atom is 0.345 e. The van der Waals surface area contributed by atoms with E-state index in [1.54, 1.807) is 0 Å². The number of phenols is 2. The standard InChI is InChI=1S/C22H20O10/c1-12(23)30-18-7-4-14(10-19(18)31-13(2)24)5-8-21(27)32-20(22(28)29)11-15-3-6-16(25)17(26)9-15/h3-10,20,25-26H,11H2,1-2H3,(H,28,29)/b8-5+/t20-/m1/s1. The van der Waals surface area contributed by atoms with Crippen LogP contribution in [0.1, 0.15) is 25.0 Å². The summed E-state index contributed by atoms with van der Waals surface area (Å²) < 4.78 is 14.9. The Morgan fingerprint density at radius 3 is 2.16 bits per heavy atom. The molecule has 2 rings (SSSR count). The molecule has 2 aromatic rings. The van der Waals surface area contributed by atoms with Gasteiger partial charge in [0.1, 0.15) is 0 Å². The molecule has 0 aliphatic heterocycles. The zero-order chi connectivity index (χ0) is 23.8. The molecular weight excluding hydrogens is 424 g/mol. The molecule has 0 aromatic heterocycles. The van der Waals surface area contributed by atoms with Crippen LogP contribution in [0, 0.1) is 0 Å². The van der Waals surface area contributed by atoms with E-state index in [1.165, 1.54) is 43.3 Å². The summed E-state index contributed by atoms with van der Waals surface area (Å²) in [7, 11) is 0. The molecule has 32 heavy (non-hydrogen) atoms. The summed E-state index contributed by atoms with van der Waals surface area (Å²) in [6, 6.07) is 7.92. The molecule has 10 heteroatoms. The number of carboxylic acids is 1. The average molecular weight is 444 g/mol. The van der Waals surface area contributed by atoms with Gasteiger partial charge in [0.2, 0.25) is 6.10 Å². The molecule has 0 saturated carbocycles. The van der Waals surface area contributed by atoms with Crippen molar-refractivity contribution in [1.29, 1.82) is 0 Å². The number of phenolic OH excluding ortho intramolecular Hbond substituents is 2. The van der Waals surface area contributed by atoms with Crippen LogP contribution in [-0.4, -0.2) is 45.3 Å². The Labute approximate surface area is 182 Å². The third-order valence-corrected chi connectivity index (χ3v) is 3.88. The summed E-state index contributed by atoms with van der Waals surface area (Å²) in [5.41, 5.74) is 0.709. The van der Waals surface area contributed by atoms with Gasteiger partial charge in [0.15, 0.2) is 23.0 Å². The van der Waals surface area contributed by atoms with Crippen molar-refractivity contribution in [2.45, 2.75) is 26.4 Å². The number of aliphatic carboxylic acids is 1. The van der Waals surface area contributed by atoms with E-state index in [0.717, 1.165) is 19.1 Å². The van der Waals surface area contributed by atoms with Crippen molar-refractivity contribution in [2.75, 3.05) is 0 Å². The number of ether oxygens (including phenoxy) is 3. The van der Waals surface area contributed by atoms with E-state index in [0.29, 0.717) is 11.1 Å². The highest BCUT2D eigenvalue weighted by Gasteiger charge is 2.22. The summed E-state index contributed by atoms with van der Waals surface area (Å²) in [6.45, 7) is 2.34. The molecule has 1 atom stereocenters. The van der Waals surface area contributed by atoms with Gasteiger partial charge in [-0.05, 0) is 41.5 Å². The Hall–Kier alpha value is -4.34. The molecule has 168 valence electrons. The highest BCUT2D eigenvalue weighted by atomic mass is 16.6. The van der Waals surface area contributed by atoms with Gasteiger partial charge < -0.3 is 29.5 Å². The molecular formula is C22H20O10. The molecule has 2 aromatic carbocycles. The van der Waals surface area contributed by atoms with Crippen LogP contribution in [0.5, 0.6) is 23.0 Å². The number of hydrogen-bond donors (Lipinski definition) is 3. The lowest BCUT2D eigenvalue weighted by Crippen LogP contribution is -2.28. The third-order valence-electron chi connectivity index (χ3n) is 3.88. The first-order valence-electron chi connectivity index (χ1n) is 9.18. The van der Waals surface area contributed by atoms with Gasteiger partial charge in [-0.2, -0.15) is 0 Å². The van der Waals surface area contributed by atoms with Gasteiger partial charge in [0, 0.05) is 26.3 Å². The highest BCUT2D eigenvalue weighted by Crippen LogP contribution is 2.29. The first kappa shape index (κ1) is 23.9. The first-order valence-corrected chi connectivity index (χ1v) is 9.18. The summed E-state index contributed by atoms with van der Waals surface area (Å²) in [5.74, 6) is -4.46. The molecule has 0 saturated heterocycles. The largest absolute Gasteiger partial charge is 0.504 e. The van der Waals surface area contributed by atoms with Crippen molar-refractivity contribution in [2.24, 2.45) is 0 Å². The number of aromatic hydroxyl groups is 2. The Morgan fingerprint density at radius 1 is 0.906 bits per heavy atom. The van der Waals surface area contributed by atoms with Crippen molar-refractivity contribution >= 4 is 30.0 Å². The minimum atomic E-state index is -1.54. The molecule has 0 aliphatic carbocycles. The summed E-state index contributed by atoms with van der Waals surface area (Å²) >= 11 is 0. The number of carboxylic acid groups (broad SMARTS) is 1. The zero-order valence-corrected chi connectivity index (χ0v) is 17.1. The smallest absolute Gasteiger partial charge is 0.345 e. The van der Waals surface area contributed by atoms with Crippen LogP contribution in [0.3, 0.4) is 0 Å². The second-order valence-electron chi connectivity index (χ2n) is 6.52. The number of rotatable bonds is 8. The third kappa shape index (κ3) is 7.17. The molecule has 0 heterocycles. The van der Waals surface area contributed by atoms with Crippen LogP contribution >= 0.6 is 0 Å².